The minimum atomic E-state index is -1.12. The zero-order valence-electron chi connectivity index (χ0n) is 10.2. The minimum absolute atomic E-state index is 0.113. The maximum atomic E-state index is 12.0. The number of benzene rings is 1. The SMILES string of the molecule is Cc1ccc(C(=O)C(Cl)NC(=O)c2ccco2)cc1. The van der Waals surface area contributed by atoms with Crippen molar-refractivity contribution in [2.75, 3.05) is 0 Å². The van der Waals surface area contributed by atoms with Gasteiger partial charge in [0.2, 0.25) is 0 Å². The van der Waals surface area contributed by atoms with Gasteiger partial charge in [-0.15, -0.1) is 0 Å². The Bertz CT molecular complexity index is 575. The lowest BCUT2D eigenvalue weighted by molar-refractivity contribution is 0.0871. The maximum Gasteiger partial charge on any atom is 0.288 e. The molecule has 0 spiro atoms. The molecule has 5 heteroatoms. The molecule has 98 valence electrons. The molecule has 19 heavy (non-hydrogen) atoms. The van der Waals surface area contributed by atoms with Gasteiger partial charge in [0.25, 0.3) is 5.91 Å². The molecule has 1 aromatic carbocycles. The van der Waals surface area contributed by atoms with Gasteiger partial charge in [-0.25, -0.2) is 0 Å². The zero-order valence-corrected chi connectivity index (χ0v) is 11.0. The van der Waals surface area contributed by atoms with Gasteiger partial charge in [-0.1, -0.05) is 41.4 Å². The second-order valence-corrected chi connectivity index (χ2v) is 4.48. The van der Waals surface area contributed by atoms with Crippen LogP contribution < -0.4 is 5.32 Å². The lowest BCUT2D eigenvalue weighted by atomic mass is 10.1. The van der Waals surface area contributed by atoms with Crippen LogP contribution in [-0.2, 0) is 0 Å². The Hall–Kier alpha value is -2.07. The van der Waals surface area contributed by atoms with Crippen LogP contribution in [0.15, 0.2) is 47.1 Å². The number of carbonyl (C=O) groups excluding carboxylic acids is 2. The molecule has 0 bridgehead atoms. The molecule has 0 aliphatic heterocycles. The molecule has 1 unspecified atom stereocenters. The van der Waals surface area contributed by atoms with Crippen LogP contribution in [0.2, 0.25) is 0 Å². The molecule has 0 radical (unpaired) electrons. The zero-order chi connectivity index (χ0) is 13.8. The summed E-state index contributed by atoms with van der Waals surface area (Å²) in [6.45, 7) is 1.92. The molecule has 0 aliphatic rings. The number of amides is 1. The topological polar surface area (TPSA) is 59.3 Å². The largest absolute Gasteiger partial charge is 0.459 e. The monoisotopic (exact) mass is 277 g/mol. The number of aryl methyl sites for hydroxylation is 1. The Morgan fingerprint density at radius 1 is 1.21 bits per heavy atom. The second kappa shape index (κ2) is 5.71. The quantitative estimate of drug-likeness (QED) is 0.531. The molecule has 1 atom stereocenters. The first kappa shape index (κ1) is 13.4. The fourth-order valence-electron chi connectivity index (χ4n) is 1.52. The highest BCUT2D eigenvalue weighted by Crippen LogP contribution is 2.09. The smallest absolute Gasteiger partial charge is 0.288 e. The molecular formula is C14H12ClNO3. The van der Waals surface area contributed by atoms with Crippen molar-refractivity contribution in [2.24, 2.45) is 0 Å². The van der Waals surface area contributed by atoms with Crippen molar-refractivity contribution in [1.82, 2.24) is 5.32 Å². The van der Waals surface area contributed by atoms with Gasteiger partial charge in [-0.2, -0.15) is 0 Å². The summed E-state index contributed by atoms with van der Waals surface area (Å²) in [5.41, 5.74) is 0.368. The number of nitrogens with one attached hydrogen (secondary N) is 1. The predicted octanol–water partition coefficient (Wildman–Crippen LogP) is 2.77. The van der Waals surface area contributed by atoms with E-state index in [1.807, 2.05) is 19.1 Å². The third-order valence-electron chi connectivity index (χ3n) is 2.57. The third kappa shape index (κ3) is 3.23. The number of rotatable bonds is 4. The van der Waals surface area contributed by atoms with E-state index in [4.69, 9.17) is 16.0 Å². The number of carbonyl (C=O) groups is 2. The average Bonchev–Trinajstić information content (AvgIpc) is 2.92. The first-order valence-electron chi connectivity index (χ1n) is 5.67. The van der Waals surface area contributed by atoms with Crippen LogP contribution in [0.1, 0.15) is 26.5 Å². The molecule has 1 N–H and O–H groups in total. The predicted molar refractivity (Wildman–Crippen MR) is 71.3 cm³/mol. The average molecular weight is 278 g/mol. The van der Waals surface area contributed by atoms with Crippen LogP contribution in [-0.4, -0.2) is 17.2 Å². The maximum absolute atomic E-state index is 12.0. The van der Waals surface area contributed by atoms with E-state index in [1.165, 1.54) is 12.3 Å². The molecule has 0 saturated heterocycles. The fourth-order valence-corrected chi connectivity index (χ4v) is 1.75. The van der Waals surface area contributed by atoms with Crippen molar-refractivity contribution < 1.29 is 14.0 Å². The molecule has 2 rings (SSSR count). The standard InChI is InChI=1S/C14H12ClNO3/c1-9-4-6-10(7-5-9)12(17)13(15)16-14(18)11-3-2-8-19-11/h2-8,13H,1H3,(H,16,18). The third-order valence-corrected chi connectivity index (χ3v) is 2.88. The van der Waals surface area contributed by atoms with E-state index in [2.05, 4.69) is 5.32 Å². The molecule has 0 saturated carbocycles. The van der Waals surface area contributed by atoms with E-state index in [9.17, 15) is 9.59 Å². The Labute approximate surface area is 115 Å². The molecule has 4 nitrogen and oxygen atoms in total. The first-order valence-corrected chi connectivity index (χ1v) is 6.11. The Morgan fingerprint density at radius 3 is 2.47 bits per heavy atom. The number of halogens is 1. The van der Waals surface area contributed by atoms with Crippen molar-refractivity contribution >= 4 is 23.3 Å². The fraction of sp³-hybridized carbons (Fsp3) is 0.143. The summed E-state index contributed by atoms with van der Waals surface area (Å²) in [5, 5.41) is 2.38. The van der Waals surface area contributed by atoms with E-state index in [0.717, 1.165) is 5.56 Å². The van der Waals surface area contributed by atoms with Gasteiger partial charge >= 0.3 is 0 Å². The van der Waals surface area contributed by atoms with Gasteiger partial charge in [0.05, 0.1) is 6.26 Å². The summed E-state index contributed by atoms with van der Waals surface area (Å²) in [4.78, 5) is 23.6. The molecule has 1 aromatic heterocycles. The summed E-state index contributed by atoms with van der Waals surface area (Å²) in [7, 11) is 0. The van der Waals surface area contributed by atoms with Crippen molar-refractivity contribution in [3.05, 3.63) is 59.5 Å². The highest BCUT2D eigenvalue weighted by molar-refractivity contribution is 6.34. The summed E-state index contributed by atoms with van der Waals surface area (Å²) < 4.78 is 4.92. The second-order valence-electron chi connectivity index (χ2n) is 4.04. The molecule has 1 heterocycles. The molecule has 0 fully saturated rings. The summed E-state index contributed by atoms with van der Waals surface area (Å²) in [6, 6.07) is 10.0. The highest BCUT2D eigenvalue weighted by Gasteiger charge is 2.21. The Morgan fingerprint density at radius 2 is 1.89 bits per heavy atom. The Balaban J connectivity index is 2.03. The van der Waals surface area contributed by atoms with Crippen molar-refractivity contribution in [2.45, 2.75) is 12.4 Å². The van der Waals surface area contributed by atoms with Gasteiger partial charge in [0.15, 0.2) is 17.0 Å². The van der Waals surface area contributed by atoms with Crippen molar-refractivity contribution in [3.63, 3.8) is 0 Å². The number of furan rings is 1. The van der Waals surface area contributed by atoms with Gasteiger partial charge in [-0.05, 0) is 19.1 Å². The van der Waals surface area contributed by atoms with Crippen molar-refractivity contribution in [1.29, 1.82) is 0 Å². The summed E-state index contributed by atoms with van der Waals surface area (Å²) >= 11 is 5.89. The van der Waals surface area contributed by atoms with Crippen LogP contribution in [0.4, 0.5) is 0 Å². The van der Waals surface area contributed by atoms with Gasteiger partial charge < -0.3 is 9.73 Å². The van der Waals surface area contributed by atoms with E-state index in [1.54, 1.807) is 18.2 Å². The number of alkyl halides is 1. The molecular weight excluding hydrogens is 266 g/mol. The van der Waals surface area contributed by atoms with Crippen LogP contribution in [0.5, 0.6) is 0 Å². The molecule has 2 aromatic rings. The molecule has 1 amide bonds. The summed E-state index contributed by atoms with van der Waals surface area (Å²) in [6.07, 6.45) is 1.37. The van der Waals surface area contributed by atoms with Crippen LogP contribution >= 0.6 is 11.6 Å². The van der Waals surface area contributed by atoms with E-state index < -0.39 is 11.4 Å². The van der Waals surface area contributed by atoms with Crippen molar-refractivity contribution in [3.8, 4) is 0 Å². The number of hydrogen-bond donors (Lipinski definition) is 1. The number of hydrogen-bond acceptors (Lipinski definition) is 3. The van der Waals surface area contributed by atoms with E-state index in [-0.39, 0.29) is 11.5 Å². The summed E-state index contributed by atoms with van der Waals surface area (Å²) in [5.74, 6) is -0.769. The van der Waals surface area contributed by atoms with Crippen LogP contribution in [0.3, 0.4) is 0 Å². The first-order chi connectivity index (χ1) is 9.08. The van der Waals surface area contributed by atoms with Crippen LogP contribution in [0.25, 0.3) is 0 Å². The molecule has 0 aliphatic carbocycles. The normalized spacial score (nSPS) is 11.9. The number of ketones is 1. The highest BCUT2D eigenvalue weighted by atomic mass is 35.5. The van der Waals surface area contributed by atoms with E-state index >= 15 is 0 Å². The lowest BCUT2D eigenvalue weighted by Crippen LogP contribution is -2.36. The lowest BCUT2D eigenvalue weighted by Gasteiger charge is -2.10. The van der Waals surface area contributed by atoms with Gasteiger partial charge in [0.1, 0.15) is 0 Å². The Kier molecular flexibility index (Phi) is 4.02. The van der Waals surface area contributed by atoms with Crippen LogP contribution in [0, 0.1) is 6.92 Å². The van der Waals surface area contributed by atoms with Gasteiger partial charge in [-0.3, -0.25) is 9.59 Å². The van der Waals surface area contributed by atoms with Gasteiger partial charge in [0, 0.05) is 5.56 Å². The van der Waals surface area contributed by atoms with E-state index in [0.29, 0.717) is 5.56 Å². The minimum Gasteiger partial charge on any atom is -0.459 e. The number of Topliss-reactive ketones (excluding diaryl/α,β-unsaturated/α-hetero) is 1.